The van der Waals surface area contributed by atoms with Crippen LogP contribution in [0.2, 0.25) is 0 Å². The molecule has 2 spiro atoms. The summed E-state index contributed by atoms with van der Waals surface area (Å²) in [5.41, 5.74) is 8.56. The van der Waals surface area contributed by atoms with E-state index in [1.54, 1.807) is 13.2 Å². The Morgan fingerprint density at radius 1 is 0.907 bits per heavy atom. The van der Waals surface area contributed by atoms with Crippen molar-refractivity contribution in [1.82, 2.24) is 10.2 Å². The van der Waals surface area contributed by atoms with Crippen LogP contribution in [0.25, 0.3) is 0 Å². The zero-order valence-electron chi connectivity index (χ0n) is 31.2. The van der Waals surface area contributed by atoms with Gasteiger partial charge < -0.3 is 29.3 Å². The standard InChI is InChI=1S/C46H50FN3O4/c1-52-41-24-40(39(47)22-37(41)43-34-10-6-5-9-32(34)11-12-35(43)31-7-3-2-4-8-31)50-19-15-46(16-20-50)25-30(28-54-46)27-49-17-13-45(14-18-49)29-53-42-23-36-33(21-38(42)45)26-48-44(36)51/h2-10,21-24,30,35,43H,11-20,25-29H2,1H3,(H,48,51). The summed E-state index contributed by atoms with van der Waals surface area (Å²) in [5.74, 6) is 2.26. The van der Waals surface area contributed by atoms with Crippen LogP contribution in [0.5, 0.6) is 11.5 Å². The number of halogens is 1. The quantitative estimate of drug-likeness (QED) is 0.219. The van der Waals surface area contributed by atoms with Crippen LogP contribution in [0.4, 0.5) is 10.1 Å². The van der Waals surface area contributed by atoms with Gasteiger partial charge in [0, 0.05) is 60.3 Å². The second-order valence-corrected chi connectivity index (χ2v) is 16.9. The van der Waals surface area contributed by atoms with E-state index < -0.39 is 0 Å². The average molecular weight is 728 g/mol. The van der Waals surface area contributed by atoms with Gasteiger partial charge in [-0.25, -0.2) is 4.39 Å². The Hall–Kier alpha value is -4.40. The van der Waals surface area contributed by atoms with Crippen molar-refractivity contribution in [2.24, 2.45) is 5.92 Å². The molecule has 0 radical (unpaired) electrons. The highest BCUT2D eigenvalue weighted by Gasteiger charge is 2.47. The Kier molecular flexibility index (Phi) is 8.48. The van der Waals surface area contributed by atoms with Crippen molar-refractivity contribution in [2.75, 3.05) is 57.9 Å². The number of benzene rings is 4. The van der Waals surface area contributed by atoms with Gasteiger partial charge in [-0.15, -0.1) is 0 Å². The number of nitrogens with zero attached hydrogens (tertiary/aromatic N) is 2. The monoisotopic (exact) mass is 727 g/mol. The fraction of sp³-hybridized carbons (Fsp3) is 0.457. The summed E-state index contributed by atoms with van der Waals surface area (Å²) in [7, 11) is 1.72. The largest absolute Gasteiger partial charge is 0.496 e. The number of hydrogen-bond donors (Lipinski definition) is 1. The van der Waals surface area contributed by atoms with Crippen LogP contribution in [-0.2, 0) is 23.1 Å². The number of methoxy groups -OCH3 is 1. The zero-order valence-corrected chi connectivity index (χ0v) is 31.2. The maximum atomic E-state index is 16.4. The predicted octanol–water partition coefficient (Wildman–Crippen LogP) is 7.74. The minimum Gasteiger partial charge on any atom is -0.496 e. The van der Waals surface area contributed by atoms with E-state index in [9.17, 15) is 4.79 Å². The number of carbonyl (C=O) groups excluding carboxylic acids is 1. The molecule has 0 bridgehead atoms. The summed E-state index contributed by atoms with van der Waals surface area (Å²) in [4.78, 5) is 17.0. The molecular weight excluding hydrogens is 678 g/mol. The summed E-state index contributed by atoms with van der Waals surface area (Å²) >= 11 is 0. The molecule has 3 atom stereocenters. The molecule has 1 aliphatic carbocycles. The topological polar surface area (TPSA) is 63.3 Å². The van der Waals surface area contributed by atoms with E-state index in [1.165, 1.54) is 22.3 Å². The molecule has 3 unspecified atom stereocenters. The van der Waals surface area contributed by atoms with E-state index in [-0.39, 0.29) is 34.6 Å². The number of ether oxygens (including phenoxy) is 3. The van der Waals surface area contributed by atoms with Crippen LogP contribution in [-0.4, -0.2) is 69.5 Å². The molecule has 3 fully saturated rings. The molecule has 1 N–H and O–H groups in total. The van der Waals surface area contributed by atoms with E-state index >= 15 is 4.39 Å². The first-order valence-corrected chi connectivity index (χ1v) is 20.1. The third-order valence-corrected chi connectivity index (χ3v) is 14.0. The number of piperidine rings is 2. The normalized spacial score (nSPS) is 25.3. The third-order valence-electron chi connectivity index (χ3n) is 14.0. The molecule has 4 aromatic carbocycles. The summed E-state index contributed by atoms with van der Waals surface area (Å²) in [6.45, 7) is 6.80. The van der Waals surface area contributed by atoms with Crippen molar-refractivity contribution in [3.63, 3.8) is 0 Å². The fourth-order valence-corrected chi connectivity index (χ4v) is 11.0. The first-order chi connectivity index (χ1) is 26.4. The van der Waals surface area contributed by atoms with Gasteiger partial charge in [-0.05, 0) is 110 Å². The number of fused-ring (bicyclic) bond motifs is 4. The SMILES string of the molecule is COc1cc(N2CCC3(CC2)CC(CN2CCC4(CC2)COc2cc5c(cc24)CNC5=O)CO3)c(F)cc1C1c2ccccc2CCC1c1ccccc1. The molecule has 0 saturated carbocycles. The van der Waals surface area contributed by atoms with Crippen LogP contribution in [0, 0.1) is 11.7 Å². The van der Waals surface area contributed by atoms with Crippen LogP contribution in [0.1, 0.15) is 94.1 Å². The van der Waals surface area contributed by atoms with Crippen LogP contribution in [0.15, 0.2) is 78.9 Å². The van der Waals surface area contributed by atoms with Crippen molar-refractivity contribution in [3.8, 4) is 11.5 Å². The first-order valence-electron chi connectivity index (χ1n) is 20.1. The molecule has 280 valence electrons. The highest BCUT2D eigenvalue weighted by molar-refractivity contribution is 5.99. The third kappa shape index (κ3) is 5.79. The second kappa shape index (κ2) is 13.4. The number of rotatable bonds is 6. The predicted molar refractivity (Wildman–Crippen MR) is 207 cm³/mol. The fourth-order valence-electron chi connectivity index (χ4n) is 11.0. The minimum absolute atomic E-state index is 0.00882. The number of nitrogens with one attached hydrogen (secondary N) is 1. The molecule has 8 heteroatoms. The van der Waals surface area contributed by atoms with Gasteiger partial charge in [0.05, 0.1) is 31.6 Å². The van der Waals surface area contributed by atoms with Gasteiger partial charge in [0.1, 0.15) is 17.3 Å². The van der Waals surface area contributed by atoms with E-state index in [0.717, 1.165) is 112 Å². The van der Waals surface area contributed by atoms with Crippen molar-refractivity contribution >= 4 is 11.6 Å². The van der Waals surface area contributed by atoms with Gasteiger partial charge in [0.2, 0.25) is 0 Å². The van der Waals surface area contributed by atoms with E-state index in [4.69, 9.17) is 14.2 Å². The lowest BCUT2D eigenvalue weighted by molar-refractivity contribution is -0.0156. The van der Waals surface area contributed by atoms with Gasteiger partial charge in [0.25, 0.3) is 5.91 Å². The molecule has 0 aromatic heterocycles. The van der Waals surface area contributed by atoms with Crippen LogP contribution >= 0.6 is 0 Å². The number of aryl methyl sites for hydroxylation is 1. The Balaban J connectivity index is 0.795. The van der Waals surface area contributed by atoms with Gasteiger partial charge in [-0.1, -0.05) is 54.6 Å². The smallest absolute Gasteiger partial charge is 0.252 e. The highest BCUT2D eigenvalue weighted by Crippen LogP contribution is 2.51. The van der Waals surface area contributed by atoms with Crippen molar-refractivity contribution < 1.29 is 23.4 Å². The molecule has 10 rings (SSSR count). The zero-order chi connectivity index (χ0) is 36.4. The summed E-state index contributed by atoms with van der Waals surface area (Å²) in [5, 5.41) is 2.95. The second-order valence-electron chi connectivity index (χ2n) is 16.9. The molecule has 4 aromatic rings. The number of carbonyl (C=O) groups is 1. The lowest BCUT2D eigenvalue weighted by atomic mass is 9.69. The number of anilines is 1. The Bertz CT molecular complexity index is 2070. The first kappa shape index (κ1) is 34.1. The van der Waals surface area contributed by atoms with Crippen LogP contribution < -0.4 is 19.7 Å². The molecular formula is C46H50FN3O4. The van der Waals surface area contributed by atoms with Crippen molar-refractivity contribution in [1.29, 1.82) is 0 Å². The molecule has 54 heavy (non-hydrogen) atoms. The van der Waals surface area contributed by atoms with Gasteiger partial charge >= 0.3 is 0 Å². The van der Waals surface area contributed by atoms with E-state index in [2.05, 4.69) is 75.8 Å². The van der Waals surface area contributed by atoms with Crippen LogP contribution in [0.3, 0.4) is 0 Å². The average Bonchev–Trinajstić information content (AvgIpc) is 3.89. The van der Waals surface area contributed by atoms with Gasteiger partial charge in [-0.3, -0.25) is 4.79 Å². The number of likely N-dealkylation sites (tertiary alicyclic amines) is 1. The summed E-state index contributed by atoms with van der Waals surface area (Å²) in [6.07, 6.45) is 7.04. The molecule has 6 aliphatic rings. The minimum atomic E-state index is -0.172. The maximum Gasteiger partial charge on any atom is 0.252 e. The lowest BCUT2D eigenvalue weighted by Gasteiger charge is -2.41. The highest BCUT2D eigenvalue weighted by atomic mass is 19.1. The van der Waals surface area contributed by atoms with E-state index in [1.807, 2.05) is 12.1 Å². The molecule has 3 saturated heterocycles. The van der Waals surface area contributed by atoms with E-state index in [0.29, 0.717) is 24.8 Å². The molecule has 5 aliphatic heterocycles. The Labute approximate surface area is 317 Å². The van der Waals surface area contributed by atoms with Crippen molar-refractivity contribution in [2.45, 2.75) is 74.3 Å². The molecule has 1 amide bonds. The molecule has 7 nitrogen and oxygen atoms in total. The van der Waals surface area contributed by atoms with Gasteiger partial charge in [-0.2, -0.15) is 0 Å². The Morgan fingerprint density at radius 2 is 1.70 bits per heavy atom. The lowest BCUT2D eigenvalue weighted by Crippen LogP contribution is -2.46. The summed E-state index contributed by atoms with van der Waals surface area (Å²) in [6, 6.07) is 27.3. The molecule has 5 heterocycles. The number of hydrogen-bond acceptors (Lipinski definition) is 6. The van der Waals surface area contributed by atoms with Crippen molar-refractivity contribution in [3.05, 3.63) is 124 Å². The maximum absolute atomic E-state index is 16.4. The summed E-state index contributed by atoms with van der Waals surface area (Å²) < 4.78 is 35.3. The number of amides is 1. The van der Waals surface area contributed by atoms with Gasteiger partial charge in [0.15, 0.2) is 0 Å². The Morgan fingerprint density at radius 3 is 2.52 bits per heavy atom.